The van der Waals surface area contributed by atoms with Crippen molar-refractivity contribution in [1.82, 2.24) is 14.3 Å². The average molecular weight is 377 g/mol. The van der Waals surface area contributed by atoms with E-state index in [1.165, 1.54) is 22.5 Å². The summed E-state index contributed by atoms with van der Waals surface area (Å²) in [5, 5.41) is 8.83. The number of amides is 1. The van der Waals surface area contributed by atoms with Crippen molar-refractivity contribution in [3.63, 3.8) is 0 Å². The molecule has 25 heavy (non-hydrogen) atoms. The van der Waals surface area contributed by atoms with Gasteiger partial charge < -0.3 is 5.73 Å². The molecule has 127 valence electrons. The van der Waals surface area contributed by atoms with Gasteiger partial charge in [0.25, 0.3) is 5.91 Å². The van der Waals surface area contributed by atoms with Crippen LogP contribution in [0.4, 0.5) is 0 Å². The molecule has 1 aromatic heterocycles. The van der Waals surface area contributed by atoms with Crippen LogP contribution < -0.4 is 5.73 Å². The summed E-state index contributed by atoms with van der Waals surface area (Å²) in [4.78, 5) is 18.9. The first-order chi connectivity index (χ1) is 11.8. The zero-order chi connectivity index (χ0) is 18.2. The fourth-order valence-electron chi connectivity index (χ4n) is 2.45. The van der Waals surface area contributed by atoms with Crippen molar-refractivity contribution >= 4 is 27.5 Å². The van der Waals surface area contributed by atoms with Crippen LogP contribution in [0.5, 0.6) is 0 Å². The number of benzene rings is 1. The van der Waals surface area contributed by atoms with Crippen LogP contribution in [0.25, 0.3) is 0 Å². The van der Waals surface area contributed by atoms with Crippen LogP contribution in [0.2, 0.25) is 5.02 Å². The van der Waals surface area contributed by atoms with Gasteiger partial charge in [-0.1, -0.05) is 11.6 Å². The maximum absolute atomic E-state index is 12.8. The second-order valence-electron chi connectivity index (χ2n) is 5.29. The number of fused-ring (bicyclic) bond motifs is 1. The minimum atomic E-state index is -3.89. The number of nitrogens with zero attached hydrogens (tertiary/aromatic N) is 4. The Labute approximate surface area is 148 Å². The molecule has 1 amide bonds. The predicted molar refractivity (Wildman–Crippen MR) is 86.9 cm³/mol. The number of carbonyl (C=O) groups is 1. The van der Waals surface area contributed by atoms with Gasteiger partial charge >= 0.3 is 0 Å². The van der Waals surface area contributed by atoms with Gasteiger partial charge in [0.1, 0.15) is 4.90 Å². The number of carbonyl (C=O) groups excluding carboxylic acids is 1. The van der Waals surface area contributed by atoms with E-state index in [9.17, 15) is 13.2 Å². The van der Waals surface area contributed by atoms with Crippen molar-refractivity contribution in [2.45, 2.75) is 17.9 Å². The lowest BCUT2D eigenvalue weighted by atomic mass is 10.1. The van der Waals surface area contributed by atoms with E-state index in [2.05, 4.69) is 16.2 Å². The number of primary amides is 1. The maximum atomic E-state index is 12.8. The normalized spacial score (nSPS) is 14.6. The number of aromatic nitrogens is 2. The van der Waals surface area contributed by atoms with E-state index in [1.54, 1.807) is 0 Å². The van der Waals surface area contributed by atoms with E-state index >= 15 is 0 Å². The molecule has 8 nitrogen and oxygen atoms in total. The van der Waals surface area contributed by atoms with Gasteiger partial charge in [-0.05, 0) is 24.6 Å². The van der Waals surface area contributed by atoms with E-state index in [-0.39, 0.29) is 34.4 Å². The number of nitriles is 1. The lowest BCUT2D eigenvalue weighted by molar-refractivity contribution is 0.0989. The SMILES string of the molecule is N#Cc1ccc(S(=O)(=O)N2CCc3[c]nc(C(N)=O)nc3C2)c(Cl)c1. The Morgan fingerprint density at radius 3 is 2.84 bits per heavy atom. The molecule has 1 aliphatic heterocycles. The Morgan fingerprint density at radius 2 is 2.20 bits per heavy atom. The van der Waals surface area contributed by atoms with Crippen molar-refractivity contribution in [2.75, 3.05) is 6.54 Å². The van der Waals surface area contributed by atoms with E-state index in [4.69, 9.17) is 22.6 Å². The molecule has 0 saturated carbocycles. The highest BCUT2D eigenvalue weighted by molar-refractivity contribution is 7.89. The molecule has 0 bridgehead atoms. The lowest BCUT2D eigenvalue weighted by Gasteiger charge is -2.27. The molecule has 2 heterocycles. The van der Waals surface area contributed by atoms with E-state index in [0.29, 0.717) is 17.7 Å². The quantitative estimate of drug-likeness (QED) is 0.836. The van der Waals surface area contributed by atoms with Gasteiger partial charge in [-0.3, -0.25) is 4.79 Å². The first-order valence-electron chi connectivity index (χ1n) is 7.10. The Kier molecular flexibility index (Phi) is 4.43. The Hall–Kier alpha value is -2.54. The average Bonchev–Trinajstić information content (AvgIpc) is 2.60. The number of hydrogen-bond donors (Lipinski definition) is 1. The van der Waals surface area contributed by atoms with Crippen molar-refractivity contribution in [1.29, 1.82) is 5.26 Å². The third-order valence-corrected chi connectivity index (χ3v) is 6.05. The summed E-state index contributed by atoms with van der Waals surface area (Å²) in [6, 6.07) is 5.88. The molecular weight excluding hydrogens is 366 g/mol. The first-order valence-corrected chi connectivity index (χ1v) is 8.92. The highest BCUT2D eigenvalue weighted by Gasteiger charge is 2.31. The molecule has 0 unspecified atom stereocenters. The van der Waals surface area contributed by atoms with Gasteiger partial charge in [0, 0.05) is 12.1 Å². The Bertz CT molecular complexity index is 1020. The molecule has 0 fully saturated rings. The summed E-state index contributed by atoms with van der Waals surface area (Å²) in [7, 11) is -3.89. The predicted octanol–water partition coefficient (Wildman–Crippen LogP) is 0.648. The highest BCUT2D eigenvalue weighted by Crippen LogP contribution is 2.28. The summed E-state index contributed by atoms with van der Waals surface area (Å²) in [5.41, 5.74) is 6.43. The van der Waals surface area contributed by atoms with Crippen LogP contribution in [0.15, 0.2) is 23.1 Å². The molecule has 2 N–H and O–H groups in total. The van der Waals surface area contributed by atoms with Gasteiger partial charge in [-0.25, -0.2) is 18.4 Å². The molecule has 2 aromatic rings. The second-order valence-corrected chi connectivity index (χ2v) is 7.61. The molecule has 0 aliphatic carbocycles. The lowest BCUT2D eigenvalue weighted by Crippen LogP contribution is -2.37. The topological polar surface area (TPSA) is 130 Å². The number of nitrogens with two attached hydrogens (primary N) is 1. The van der Waals surface area contributed by atoms with Crippen LogP contribution in [0.1, 0.15) is 27.4 Å². The summed E-state index contributed by atoms with van der Waals surface area (Å²) < 4.78 is 26.9. The van der Waals surface area contributed by atoms with Crippen molar-refractivity contribution in [3.05, 3.63) is 52.1 Å². The molecule has 0 atom stereocenters. The summed E-state index contributed by atoms with van der Waals surface area (Å²) in [6.45, 7) is 0.148. The molecular formula is C15H11ClN5O3S. The molecule has 1 aliphatic rings. The minimum absolute atomic E-state index is 0.0306. The first kappa shape index (κ1) is 17.3. The number of halogens is 1. The molecule has 0 saturated heterocycles. The van der Waals surface area contributed by atoms with Gasteiger partial charge in [-0.2, -0.15) is 9.57 Å². The third-order valence-electron chi connectivity index (χ3n) is 3.72. The van der Waals surface area contributed by atoms with Crippen LogP contribution in [-0.4, -0.2) is 35.1 Å². The maximum Gasteiger partial charge on any atom is 0.286 e. The van der Waals surface area contributed by atoms with Gasteiger partial charge in [-0.15, -0.1) is 0 Å². The summed E-state index contributed by atoms with van der Waals surface area (Å²) in [6.07, 6.45) is 3.03. The molecule has 3 rings (SSSR count). The number of sulfonamides is 1. The molecule has 10 heteroatoms. The fourth-order valence-corrected chi connectivity index (χ4v) is 4.37. The van der Waals surface area contributed by atoms with Crippen LogP contribution in [0.3, 0.4) is 0 Å². The van der Waals surface area contributed by atoms with Crippen molar-refractivity contribution in [2.24, 2.45) is 5.73 Å². The van der Waals surface area contributed by atoms with E-state index < -0.39 is 15.9 Å². The van der Waals surface area contributed by atoms with E-state index in [1.807, 2.05) is 6.07 Å². The Morgan fingerprint density at radius 1 is 1.44 bits per heavy atom. The molecule has 1 radical (unpaired) electrons. The molecule has 0 spiro atoms. The van der Waals surface area contributed by atoms with Gasteiger partial charge in [0.2, 0.25) is 15.8 Å². The molecule has 1 aromatic carbocycles. The zero-order valence-electron chi connectivity index (χ0n) is 12.7. The monoisotopic (exact) mass is 376 g/mol. The van der Waals surface area contributed by atoms with Crippen molar-refractivity contribution < 1.29 is 13.2 Å². The van der Waals surface area contributed by atoms with Crippen molar-refractivity contribution in [3.8, 4) is 6.07 Å². The summed E-state index contributed by atoms with van der Waals surface area (Å²) in [5.74, 6) is -1.02. The Balaban J connectivity index is 1.96. The standard InChI is InChI=1S/C15H11ClN5O3S/c16-11-5-9(6-17)1-2-13(11)25(23,24)21-4-3-10-7-19-15(14(18)22)20-12(10)8-21/h1-2,5H,3-4,8H2,(H2,18,22). The van der Waals surface area contributed by atoms with Gasteiger partial charge in [0.05, 0.1) is 35.1 Å². The summed E-state index contributed by atoms with van der Waals surface area (Å²) >= 11 is 6.03. The number of rotatable bonds is 3. The smallest absolute Gasteiger partial charge is 0.286 e. The van der Waals surface area contributed by atoms with Gasteiger partial charge in [0.15, 0.2) is 0 Å². The van der Waals surface area contributed by atoms with Crippen LogP contribution >= 0.6 is 11.6 Å². The third kappa shape index (κ3) is 3.19. The van der Waals surface area contributed by atoms with Crippen LogP contribution in [-0.2, 0) is 23.0 Å². The van der Waals surface area contributed by atoms with E-state index in [0.717, 1.165) is 0 Å². The van der Waals surface area contributed by atoms with Crippen LogP contribution in [0, 0.1) is 17.5 Å². The fraction of sp³-hybridized carbons (Fsp3) is 0.200. The number of hydrogen-bond acceptors (Lipinski definition) is 6. The largest absolute Gasteiger partial charge is 0.363 e. The second kappa shape index (κ2) is 6.40. The highest BCUT2D eigenvalue weighted by atomic mass is 35.5. The minimum Gasteiger partial charge on any atom is -0.363 e. The zero-order valence-corrected chi connectivity index (χ0v) is 14.3.